The zero-order valence-corrected chi connectivity index (χ0v) is 23.0. The second kappa shape index (κ2) is 12.0. The molecule has 0 saturated carbocycles. The second-order valence-corrected chi connectivity index (χ2v) is 9.45. The minimum atomic E-state index is -0.927. The van der Waals surface area contributed by atoms with E-state index in [1.54, 1.807) is 37.3 Å². The monoisotopic (exact) mass is 550 g/mol. The molecule has 0 bridgehead atoms. The Morgan fingerprint density at radius 1 is 0.897 bits per heavy atom. The minimum absolute atomic E-state index is 0.0126. The maximum Gasteiger partial charge on any atom is 0.338 e. The third kappa shape index (κ3) is 5.46. The Labute approximate surface area is 229 Å². The van der Waals surface area contributed by atoms with Crippen LogP contribution in [0.4, 0.5) is 0 Å². The van der Waals surface area contributed by atoms with Crippen LogP contribution < -0.4 is 30.0 Å². The number of benzene rings is 2. The van der Waals surface area contributed by atoms with Crippen LogP contribution in [-0.2, 0) is 19.1 Å². The summed E-state index contributed by atoms with van der Waals surface area (Å²) in [6, 6.07) is 14.2. The summed E-state index contributed by atoms with van der Waals surface area (Å²) in [5.74, 6) is -1.10. The number of esters is 2. The number of methoxy groups -OCH3 is 1. The molecule has 9 nitrogen and oxygen atoms in total. The molecule has 2 heterocycles. The molecule has 0 fully saturated rings. The highest BCUT2D eigenvalue weighted by Crippen LogP contribution is 2.38. The van der Waals surface area contributed by atoms with Gasteiger partial charge in [0, 0.05) is 0 Å². The SMILES string of the molecule is CCOC(=O)C1=C(N)n2c(s/c(=C/c3ccc(OCC)cc3)c2=O)=C(C(=O)OC)C1c1ccc(OCC)cc1. The molecule has 3 aromatic rings. The van der Waals surface area contributed by atoms with E-state index < -0.39 is 23.4 Å². The number of nitrogens with two attached hydrogens (primary N) is 1. The summed E-state index contributed by atoms with van der Waals surface area (Å²) in [7, 11) is 1.25. The maximum absolute atomic E-state index is 13.6. The van der Waals surface area contributed by atoms with Crippen molar-refractivity contribution in [2.24, 2.45) is 5.73 Å². The molecule has 1 aliphatic rings. The van der Waals surface area contributed by atoms with Gasteiger partial charge in [-0.3, -0.25) is 9.36 Å². The normalized spacial score (nSPS) is 15.1. The number of ether oxygens (including phenoxy) is 4. The number of thiazole rings is 1. The zero-order valence-electron chi connectivity index (χ0n) is 22.2. The molecule has 0 aliphatic carbocycles. The highest BCUT2D eigenvalue weighted by molar-refractivity contribution is 7.07. The van der Waals surface area contributed by atoms with Crippen molar-refractivity contribution in [1.29, 1.82) is 0 Å². The van der Waals surface area contributed by atoms with E-state index in [1.165, 1.54) is 11.7 Å². The number of carbonyl (C=O) groups excluding carboxylic acids is 2. The van der Waals surface area contributed by atoms with E-state index in [-0.39, 0.29) is 28.2 Å². The van der Waals surface area contributed by atoms with Crippen LogP contribution in [0, 0.1) is 0 Å². The standard InChI is InChI=1S/C29H30N2O7S/c1-5-36-19-12-8-17(9-13-19)16-21-26(32)31-25(30)23(29(34)38-7-3)22(24(27(31)39-21)28(33)35-4)18-10-14-20(15-11-18)37-6-2/h8-16,22H,5-7,30H2,1-4H3/b21-16+. The Kier molecular flexibility index (Phi) is 8.55. The average molecular weight is 551 g/mol. The van der Waals surface area contributed by atoms with Crippen molar-refractivity contribution in [2.75, 3.05) is 26.9 Å². The van der Waals surface area contributed by atoms with Gasteiger partial charge in [-0.2, -0.15) is 0 Å². The molecule has 4 rings (SSSR count). The largest absolute Gasteiger partial charge is 0.494 e. The summed E-state index contributed by atoms with van der Waals surface area (Å²) in [4.78, 5) is 40.1. The zero-order chi connectivity index (χ0) is 28.1. The van der Waals surface area contributed by atoms with Gasteiger partial charge in [0.1, 0.15) is 22.0 Å². The van der Waals surface area contributed by atoms with Gasteiger partial charge in [0.2, 0.25) is 0 Å². The molecule has 2 N–H and O–H groups in total. The van der Waals surface area contributed by atoms with Crippen LogP contribution in [0.15, 0.2) is 58.9 Å². The first-order valence-corrected chi connectivity index (χ1v) is 13.3. The van der Waals surface area contributed by atoms with Crippen molar-refractivity contribution in [3.8, 4) is 11.5 Å². The number of hydrogen-bond donors (Lipinski definition) is 1. The van der Waals surface area contributed by atoms with E-state index in [1.807, 2.05) is 38.1 Å². The summed E-state index contributed by atoms with van der Waals surface area (Å²) in [6.07, 6.45) is 1.70. The van der Waals surface area contributed by atoms with Gasteiger partial charge in [-0.25, -0.2) is 9.59 Å². The van der Waals surface area contributed by atoms with Crippen molar-refractivity contribution >= 4 is 40.7 Å². The number of nitrogens with zero attached hydrogens (tertiary/aromatic N) is 1. The fourth-order valence-electron chi connectivity index (χ4n) is 4.40. The van der Waals surface area contributed by atoms with Crippen molar-refractivity contribution in [3.05, 3.63) is 84.8 Å². The maximum atomic E-state index is 13.6. The van der Waals surface area contributed by atoms with Crippen LogP contribution in [0.5, 0.6) is 11.5 Å². The predicted molar refractivity (Wildman–Crippen MR) is 149 cm³/mol. The van der Waals surface area contributed by atoms with Crippen LogP contribution in [0.3, 0.4) is 0 Å². The molecule has 0 radical (unpaired) electrons. The topological polar surface area (TPSA) is 119 Å². The first kappa shape index (κ1) is 27.7. The van der Waals surface area contributed by atoms with Crippen LogP contribution in [0.25, 0.3) is 17.5 Å². The van der Waals surface area contributed by atoms with Gasteiger partial charge in [0.15, 0.2) is 0 Å². The Bertz CT molecular complexity index is 1580. The number of hydrogen-bond acceptors (Lipinski definition) is 9. The molecule has 10 heteroatoms. The van der Waals surface area contributed by atoms with Crippen LogP contribution in [-0.4, -0.2) is 43.4 Å². The average Bonchev–Trinajstić information content (AvgIpc) is 3.25. The molecule has 1 unspecified atom stereocenters. The van der Waals surface area contributed by atoms with Gasteiger partial charge < -0.3 is 24.7 Å². The quantitative estimate of drug-likeness (QED) is 0.404. The van der Waals surface area contributed by atoms with Crippen LogP contribution >= 0.6 is 11.3 Å². The molecular formula is C29H30N2O7S. The number of aromatic nitrogens is 1. The molecule has 39 heavy (non-hydrogen) atoms. The molecular weight excluding hydrogens is 520 g/mol. The van der Waals surface area contributed by atoms with E-state index >= 15 is 0 Å². The predicted octanol–water partition coefficient (Wildman–Crippen LogP) is 2.35. The lowest BCUT2D eigenvalue weighted by Crippen LogP contribution is -2.41. The van der Waals surface area contributed by atoms with Gasteiger partial charge in [0.25, 0.3) is 5.56 Å². The Hall–Kier alpha value is -4.31. The van der Waals surface area contributed by atoms with E-state index in [9.17, 15) is 14.4 Å². The Morgan fingerprint density at radius 2 is 1.49 bits per heavy atom. The van der Waals surface area contributed by atoms with Crippen molar-refractivity contribution in [1.82, 2.24) is 4.57 Å². The van der Waals surface area contributed by atoms with Crippen molar-refractivity contribution < 1.29 is 28.5 Å². The van der Waals surface area contributed by atoms with Gasteiger partial charge >= 0.3 is 11.9 Å². The summed E-state index contributed by atoms with van der Waals surface area (Å²) in [5, 5.41) is 0. The molecule has 1 atom stereocenters. The summed E-state index contributed by atoms with van der Waals surface area (Å²) in [5.41, 5.74) is 7.51. The second-order valence-electron chi connectivity index (χ2n) is 8.42. The molecule has 1 aromatic heterocycles. The lowest BCUT2D eigenvalue weighted by atomic mass is 9.83. The van der Waals surface area contributed by atoms with E-state index in [2.05, 4.69) is 0 Å². The minimum Gasteiger partial charge on any atom is -0.494 e. The third-order valence-corrected chi connectivity index (χ3v) is 7.17. The molecule has 0 amide bonds. The number of carbonyl (C=O) groups is 2. The summed E-state index contributed by atoms with van der Waals surface area (Å²) < 4.78 is 23.3. The number of fused-ring (bicyclic) bond motifs is 1. The van der Waals surface area contributed by atoms with E-state index in [0.717, 1.165) is 16.9 Å². The lowest BCUT2D eigenvalue weighted by molar-refractivity contribution is -0.138. The molecule has 0 saturated heterocycles. The fourth-order valence-corrected chi connectivity index (χ4v) is 5.56. The Morgan fingerprint density at radius 3 is 2.03 bits per heavy atom. The molecule has 204 valence electrons. The van der Waals surface area contributed by atoms with Crippen LogP contribution in [0.1, 0.15) is 37.8 Å². The van der Waals surface area contributed by atoms with Gasteiger partial charge in [-0.15, -0.1) is 11.3 Å². The van der Waals surface area contributed by atoms with Gasteiger partial charge in [-0.1, -0.05) is 24.3 Å². The fraction of sp³-hybridized carbons (Fsp3) is 0.276. The van der Waals surface area contributed by atoms with Crippen molar-refractivity contribution in [3.63, 3.8) is 0 Å². The smallest absolute Gasteiger partial charge is 0.338 e. The molecule has 1 aliphatic heterocycles. The third-order valence-electron chi connectivity index (χ3n) is 6.06. The van der Waals surface area contributed by atoms with Crippen molar-refractivity contribution in [2.45, 2.75) is 26.7 Å². The van der Waals surface area contributed by atoms with E-state index in [0.29, 0.717) is 34.8 Å². The first-order chi connectivity index (χ1) is 18.8. The van der Waals surface area contributed by atoms with Gasteiger partial charge in [0.05, 0.1) is 48.5 Å². The highest BCUT2D eigenvalue weighted by Gasteiger charge is 2.39. The first-order valence-electron chi connectivity index (χ1n) is 12.5. The van der Waals surface area contributed by atoms with Crippen LogP contribution in [0.2, 0.25) is 0 Å². The molecule has 0 spiro atoms. The Balaban J connectivity index is 2.01. The summed E-state index contributed by atoms with van der Waals surface area (Å²) in [6.45, 7) is 6.55. The van der Waals surface area contributed by atoms with E-state index in [4.69, 9.17) is 24.7 Å². The highest BCUT2D eigenvalue weighted by atomic mass is 32.1. The van der Waals surface area contributed by atoms with Gasteiger partial charge in [-0.05, 0) is 62.2 Å². The number of rotatable bonds is 9. The summed E-state index contributed by atoms with van der Waals surface area (Å²) >= 11 is 1.10. The lowest BCUT2D eigenvalue weighted by Gasteiger charge is -2.27. The molecule has 2 aromatic carbocycles.